The normalized spacial score (nSPS) is 10.6. The predicted octanol–water partition coefficient (Wildman–Crippen LogP) is 4.50. The Morgan fingerprint density at radius 2 is 1.75 bits per heavy atom. The Kier molecular flexibility index (Phi) is 5.93. The van der Waals surface area contributed by atoms with Crippen molar-refractivity contribution in [3.05, 3.63) is 51.1 Å². The Morgan fingerprint density at radius 1 is 1.04 bits per heavy atom. The fourth-order valence-corrected chi connectivity index (χ4v) is 2.09. The van der Waals surface area contributed by atoms with Crippen molar-refractivity contribution in [2.24, 2.45) is 0 Å². The van der Waals surface area contributed by atoms with Crippen LogP contribution in [0, 0.1) is 0 Å². The van der Waals surface area contributed by atoms with Gasteiger partial charge in [-0.2, -0.15) is 8.78 Å². The number of pyridine rings is 1. The van der Waals surface area contributed by atoms with E-state index in [9.17, 15) is 18.4 Å². The summed E-state index contributed by atoms with van der Waals surface area (Å²) in [5, 5.41) is 4.87. The molecule has 1 heterocycles. The highest BCUT2D eigenvalue weighted by Gasteiger charge is 2.19. The quantitative estimate of drug-likeness (QED) is 0.802. The third kappa shape index (κ3) is 4.53. The monoisotopic (exact) mass is 393 g/mol. The van der Waals surface area contributed by atoms with E-state index in [1.54, 1.807) is 0 Å². The van der Waals surface area contributed by atoms with Crippen LogP contribution in [-0.2, 0) is 4.79 Å². The molecule has 0 unspecified atom stereocenters. The summed E-state index contributed by atoms with van der Waals surface area (Å²) >= 11 is 17.4. The molecule has 2 N–H and O–H groups in total. The molecule has 24 heavy (non-hydrogen) atoms. The van der Waals surface area contributed by atoms with Gasteiger partial charge in [0.2, 0.25) is 0 Å². The second-order valence-corrected chi connectivity index (χ2v) is 5.67. The fraction of sp³-hybridized carbons (Fsp3) is 0.0714. The van der Waals surface area contributed by atoms with Crippen LogP contribution in [0.15, 0.2) is 30.5 Å². The zero-order chi connectivity index (χ0) is 17.9. The lowest BCUT2D eigenvalue weighted by atomic mass is 10.2. The number of hydrogen-bond donors (Lipinski definition) is 2. The van der Waals surface area contributed by atoms with Crippen molar-refractivity contribution in [1.29, 1.82) is 0 Å². The minimum Gasteiger partial charge on any atom is -0.319 e. The molecule has 10 heteroatoms. The second kappa shape index (κ2) is 7.74. The van der Waals surface area contributed by atoms with Crippen LogP contribution in [-0.4, -0.2) is 23.2 Å². The third-order valence-corrected chi connectivity index (χ3v) is 3.67. The first-order valence-corrected chi connectivity index (χ1v) is 7.42. The fourth-order valence-electron chi connectivity index (χ4n) is 1.64. The summed E-state index contributed by atoms with van der Waals surface area (Å²) in [4.78, 5) is 27.0. The van der Waals surface area contributed by atoms with E-state index in [1.807, 2.05) is 5.32 Å². The minimum atomic E-state index is -3.24. The summed E-state index contributed by atoms with van der Waals surface area (Å²) in [6.07, 6.45) is -2.10. The molecule has 0 aliphatic carbocycles. The number of aromatic nitrogens is 1. The van der Waals surface area contributed by atoms with Crippen molar-refractivity contribution in [2.75, 3.05) is 10.6 Å². The molecule has 0 spiro atoms. The van der Waals surface area contributed by atoms with Gasteiger partial charge in [-0.05, 0) is 24.3 Å². The lowest BCUT2D eigenvalue weighted by Gasteiger charge is -2.12. The van der Waals surface area contributed by atoms with Gasteiger partial charge in [-0.25, -0.2) is 4.98 Å². The second-order valence-electron chi connectivity index (χ2n) is 4.42. The van der Waals surface area contributed by atoms with Gasteiger partial charge in [0.05, 0.1) is 20.8 Å². The molecule has 126 valence electrons. The van der Waals surface area contributed by atoms with Gasteiger partial charge in [0.1, 0.15) is 0 Å². The van der Waals surface area contributed by atoms with Crippen molar-refractivity contribution in [3.8, 4) is 0 Å². The van der Waals surface area contributed by atoms with Crippen LogP contribution >= 0.6 is 34.8 Å². The topological polar surface area (TPSA) is 71.1 Å². The molecule has 0 bridgehead atoms. The summed E-state index contributed by atoms with van der Waals surface area (Å²) in [6, 6.07) is 5.42. The van der Waals surface area contributed by atoms with Crippen molar-refractivity contribution in [1.82, 2.24) is 4.98 Å². The Bertz CT molecular complexity index is 803. The Morgan fingerprint density at radius 3 is 2.38 bits per heavy atom. The van der Waals surface area contributed by atoms with Gasteiger partial charge in [0, 0.05) is 11.8 Å². The van der Waals surface area contributed by atoms with E-state index < -0.39 is 18.2 Å². The minimum absolute atomic E-state index is 0.0485. The molecule has 2 aromatic rings. The van der Waals surface area contributed by atoms with Crippen molar-refractivity contribution in [2.45, 2.75) is 6.43 Å². The number of alkyl halides is 2. The first kappa shape index (κ1) is 18.4. The lowest BCUT2D eigenvalue weighted by molar-refractivity contribution is -0.126. The average molecular weight is 395 g/mol. The average Bonchev–Trinajstić information content (AvgIpc) is 2.52. The number of rotatable bonds is 4. The van der Waals surface area contributed by atoms with Crippen LogP contribution < -0.4 is 10.6 Å². The maximum Gasteiger partial charge on any atom is 0.315 e. The molecule has 0 radical (unpaired) electrons. The van der Waals surface area contributed by atoms with Crippen LogP contribution in [0.4, 0.5) is 20.3 Å². The highest BCUT2D eigenvalue weighted by Crippen LogP contribution is 2.26. The molecule has 1 aromatic heterocycles. The first-order chi connectivity index (χ1) is 11.3. The maximum atomic E-state index is 12.4. The van der Waals surface area contributed by atoms with E-state index in [-0.39, 0.29) is 32.1 Å². The first-order valence-electron chi connectivity index (χ1n) is 6.29. The van der Waals surface area contributed by atoms with Crippen molar-refractivity contribution >= 4 is 58.1 Å². The van der Waals surface area contributed by atoms with Crippen LogP contribution in [0.2, 0.25) is 15.1 Å². The molecule has 0 fully saturated rings. The predicted molar refractivity (Wildman–Crippen MR) is 88.3 cm³/mol. The number of carbonyl (C=O) groups is 2. The molecule has 0 atom stereocenters. The van der Waals surface area contributed by atoms with Crippen molar-refractivity contribution in [3.63, 3.8) is 0 Å². The molecule has 5 nitrogen and oxygen atoms in total. The number of hydrogen-bond acceptors (Lipinski definition) is 3. The summed E-state index contributed by atoms with van der Waals surface area (Å²) in [5.41, 5.74) is 0.114. The number of amides is 2. The summed E-state index contributed by atoms with van der Waals surface area (Å²) < 4.78 is 24.7. The molecule has 0 saturated heterocycles. The zero-order valence-electron chi connectivity index (χ0n) is 11.6. The van der Waals surface area contributed by atoms with Crippen LogP contribution in [0.3, 0.4) is 0 Å². The van der Waals surface area contributed by atoms with E-state index >= 15 is 0 Å². The van der Waals surface area contributed by atoms with E-state index in [0.29, 0.717) is 0 Å². The number of nitrogens with one attached hydrogen (secondary N) is 2. The van der Waals surface area contributed by atoms with E-state index in [0.717, 1.165) is 6.20 Å². The van der Waals surface area contributed by atoms with Gasteiger partial charge in [-0.1, -0.05) is 34.8 Å². The molecule has 1 aromatic carbocycles. The lowest BCUT2D eigenvalue weighted by Crippen LogP contribution is -2.22. The standard InChI is InChI=1S/C14H8Cl3F2N3O2/c15-7-4-10(12(20-5-7)22-14(24)11(18)19)21-13(23)6-1-2-8(16)9(17)3-6/h1-5,11H,(H,21,23)(H,20,22,24). The molecule has 2 rings (SSSR count). The number of carbonyl (C=O) groups excluding carboxylic acids is 2. The van der Waals surface area contributed by atoms with Crippen LogP contribution in [0.25, 0.3) is 0 Å². The zero-order valence-corrected chi connectivity index (χ0v) is 13.9. The number of benzene rings is 1. The summed E-state index contributed by atoms with van der Waals surface area (Å²) in [6.45, 7) is 0. The largest absolute Gasteiger partial charge is 0.319 e. The van der Waals surface area contributed by atoms with Gasteiger partial charge >= 0.3 is 6.43 Å². The number of halogens is 5. The Hall–Kier alpha value is -1.96. The van der Waals surface area contributed by atoms with Gasteiger partial charge in [0.15, 0.2) is 5.82 Å². The Balaban J connectivity index is 2.27. The van der Waals surface area contributed by atoms with E-state index in [4.69, 9.17) is 34.8 Å². The number of anilines is 2. The number of nitrogens with zero attached hydrogens (tertiary/aromatic N) is 1. The highest BCUT2D eigenvalue weighted by atomic mass is 35.5. The van der Waals surface area contributed by atoms with Crippen LogP contribution in [0.5, 0.6) is 0 Å². The van der Waals surface area contributed by atoms with Gasteiger partial charge in [0.25, 0.3) is 11.8 Å². The molecular weight excluding hydrogens is 387 g/mol. The van der Waals surface area contributed by atoms with Gasteiger partial charge < -0.3 is 10.6 Å². The summed E-state index contributed by atoms with van der Waals surface area (Å²) in [7, 11) is 0. The van der Waals surface area contributed by atoms with Crippen molar-refractivity contribution < 1.29 is 18.4 Å². The van der Waals surface area contributed by atoms with E-state index in [2.05, 4.69) is 10.3 Å². The molecule has 2 amide bonds. The molecular formula is C14H8Cl3F2N3O2. The smallest absolute Gasteiger partial charge is 0.315 e. The van der Waals surface area contributed by atoms with Gasteiger partial charge in [-0.3, -0.25) is 9.59 Å². The van der Waals surface area contributed by atoms with Gasteiger partial charge in [-0.15, -0.1) is 0 Å². The molecule has 0 aliphatic rings. The Labute approximate surface area is 149 Å². The van der Waals surface area contributed by atoms with Crippen LogP contribution in [0.1, 0.15) is 10.4 Å². The maximum absolute atomic E-state index is 12.4. The SMILES string of the molecule is O=C(Nc1cc(Cl)cnc1NC(=O)C(F)F)c1ccc(Cl)c(Cl)c1. The summed E-state index contributed by atoms with van der Waals surface area (Å²) in [5.74, 6) is -2.45. The van der Waals surface area contributed by atoms with E-state index in [1.165, 1.54) is 24.3 Å². The molecule has 0 aliphatic heterocycles. The third-order valence-electron chi connectivity index (χ3n) is 2.72. The highest BCUT2D eigenvalue weighted by molar-refractivity contribution is 6.42. The molecule has 0 saturated carbocycles.